The first kappa shape index (κ1) is 13.4. The second kappa shape index (κ2) is 9.02. The van der Waals surface area contributed by atoms with E-state index in [2.05, 4.69) is 17.9 Å². The van der Waals surface area contributed by atoms with Crippen molar-refractivity contribution in [3.63, 3.8) is 0 Å². The highest BCUT2D eigenvalue weighted by Gasteiger charge is 2.01. The normalized spacial score (nSPS) is 9.86. The van der Waals surface area contributed by atoms with Crippen molar-refractivity contribution >= 4 is 24.3 Å². The first-order valence-electron chi connectivity index (χ1n) is 4.61. The van der Waals surface area contributed by atoms with E-state index in [-0.39, 0.29) is 11.7 Å². The molecule has 0 spiro atoms. The van der Waals surface area contributed by atoms with Crippen molar-refractivity contribution < 1.29 is 14.3 Å². The third kappa shape index (κ3) is 9.54. The summed E-state index contributed by atoms with van der Waals surface area (Å²) in [5.74, 6) is 0.449. The number of hydrogen-bond donors (Lipinski definition) is 2. The molecule has 5 heteroatoms. The lowest BCUT2D eigenvalue weighted by Crippen LogP contribution is -2.26. The van der Waals surface area contributed by atoms with Gasteiger partial charge in [-0.2, -0.15) is 12.6 Å². The lowest BCUT2D eigenvalue weighted by atomic mass is 10.2. The van der Waals surface area contributed by atoms with Gasteiger partial charge < -0.3 is 14.8 Å². The predicted octanol–water partition coefficient (Wildman–Crippen LogP) is 0.766. The monoisotopic (exact) mass is 219 g/mol. The van der Waals surface area contributed by atoms with Gasteiger partial charge in [0.2, 0.25) is 5.91 Å². The molecule has 1 N–H and O–H groups in total. The van der Waals surface area contributed by atoms with Crippen molar-refractivity contribution in [2.75, 3.05) is 19.1 Å². The van der Waals surface area contributed by atoms with Gasteiger partial charge in [0.1, 0.15) is 5.78 Å². The van der Waals surface area contributed by atoms with Gasteiger partial charge in [-0.05, 0) is 13.3 Å². The molecule has 0 saturated carbocycles. The van der Waals surface area contributed by atoms with Crippen LogP contribution in [0.5, 0.6) is 0 Å². The first-order valence-corrected chi connectivity index (χ1v) is 5.24. The number of thiol groups is 1. The highest BCUT2D eigenvalue weighted by Crippen LogP contribution is 1.95. The summed E-state index contributed by atoms with van der Waals surface area (Å²) in [6.45, 7) is 2.50. The molecule has 0 fully saturated rings. The molecule has 82 valence electrons. The Balaban J connectivity index is 3.24. The van der Waals surface area contributed by atoms with Gasteiger partial charge in [0.15, 0.2) is 0 Å². The Hall–Kier alpha value is -0.550. The molecule has 0 atom stereocenters. The average molecular weight is 219 g/mol. The molecule has 0 aliphatic rings. The summed E-state index contributed by atoms with van der Waals surface area (Å²) in [6, 6.07) is 0. The van der Waals surface area contributed by atoms with Gasteiger partial charge >= 0.3 is 0 Å². The quantitative estimate of drug-likeness (QED) is 0.360. The number of nitrogens with one attached hydrogen (secondary N) is 1. The minimum Gasteiger partial charge on any atom is -0.369 e. The van der Waals surface area contributed by atoms with Gasteiger partial charge in [-0.1, -0.05) is 0 Å². The summed E-state index contributed by atoms with van der Waals surface area (Å²) in [7, 11) is 0. The minimum absolute atomic E-state index is 0.0333. The molecule has 4 nitrogen and oxygen atoms in total. The van der Waals surface area contributed by atoms with Gasteiger partial charge in [-0.15, -0.1) is 0 Å². The summed E-state index contributed by atoms with van der Waals surface area (Å²) in [6.07, 6.45) is 1.50. The molecule has 0 heterocycles. The number of rotatable bonds is 8. The molecule has 0 aliphatic carbocycles. The standard InChI is InChI=1S/C9H17NO3S/c1-8(11)3-2-4-9(12)10-5-6-13-7-14/h14H,2-7H2,1H3,(H,10,12). The van der Waals surface area contributed by atoms with E-state index in [1.807, 2.05) is 0 Å². The minimum atomic E-state index is -0.0333. The highest BCUT2D eigenvalue weighted by molar-refractivity contribution is 7.80. The molecule has 0 aromatic heterocycles. The van der Waals surface area contributed by atoms with E-state index in [0.717, 1.165) is 0 Å². The average Bonchev–Trinajstić information content (AvgIpc) is 2.12. The molecular formula is C9H17NO3S. The zero-order valence-corrected chi connectivity index (χ0v) is 9.31. The summed E-state index contributed by atoms with van der Waals surface area (Å²) in [4.78, 5) is 21.7. The summed E-state index contributed by atoms with van der Waals surface area (Å²) >= 11 is 3.85. The van der Waals surface area contributed by atoms with Crippen molar-refractivity contribution in [3.05, 3.63) is 0 Å². The highest BCUT2D eigenvalue weighted by atomic mass is 32.1. The largest absolute Gasteiger partial charge is 0.369 e. The zero-order chi connectivity index (χ0) is 10.8. The first-order chi connectivity index (χ1) is 6.66. The molecule has 0 aliphatic heterocycles. The van der Waals surface area contributed by atoms with Gasteiger partial charge in [0.05, 0.1) is 12.5 Å². The van der Waals surface area contributed by atoms with E-state index in [9.17, 15) is 9.59 Å². The molecule has 0 saturated heterocycles. The molecule has 0 unspecified atom stereocenters. The maximum atomic E-state index is 11.1. The van der Waals surface area contributed by atoms with Crippen molar-refractivity contribution in [2.45, 2.75) is 26.2 Å². The van der Waals surface area contributed by atoms with E-state index in [0.29, 0.717) is 38.4 Å². The van der Waals surface area contributed by atoms with Crippen molar-refractivity contribution in [3.8, 4) is 0 Å². The van der Waals surface area contributed by atoms with Gasteiger partial charge in [0.25, 0.3) is 0 Å². The molecule has 1 amide bonds. The lowest BCUT2D eigenvalue weighted by molar-refractivity contribution is -0.121. The summed E-state index contributed by atoms with van der Waals surface area (Å²) < 4.78 is 4.92. The van der Waals surface area contributed by atoms with Gasteiger partial charge in [-0.3, -0.25) is 4.79 Å². The van der Waals surface area contributed by atoms with E-state index < -0.39 is 0 Å². The fourth-order valence-corrected chi connectivity index (χ4v) is 1.04. The second-order valence-electron chi connectivity index (χ2n) is 2.94. The van der Waals surface area contributed by atoms with Crippen LogP contribution in [0.3, 0.4) is 0 Å². The summed E-state index contributed by atoms with van der Waals surface area (Å²) in [5.41, 5.74) is 0. The maximum Gasteiger partial charge on any atom is 0.220 e. The molecule has 0 aromatic carbocycles. The Morgan fingerprint density at radius 1 is 1.36 bits per heavy atom. The number of Topliss-reactive ketones (excluding diaryl/α,β-unsaturated/α-hetero) is 1. The number of ether oxygens (including phenoxy) is 1. The van der Waals surface area contributed by atoms with E-state index >= 15 is 0 Å². The fourth-order valence-electron chi connectivity index (χ4n) is 0.913. The van der Waals surface area contributed by atoms with Crippen LogP contribution in [-0.2, 0) is 14.3 Å². The Morgan fingerprint density at radius 3 is 2.64 bits per heavy atom. The van der Waals surface area contributed by atoms with Gasteiger partial charge in [0, 0.05) is 19.4 Å². The number of ketones is 1. The second-order valence-corrected chi connectivity index (χ2v) is 3.20. The molecule has 0 radical (unpaired) electrons. The van der Waals surface area contributed by atoms with Crippen molar-refractivity contribution in [2.24, 2.45) is 0 Å². The zero-order valence-electron chi connectivity index (χ0n) is 8.41. The maximum absolute atomic E-state index is 11.1. The fraction of sp³-hybridized carbons (Fsp3) is 0.778. The Morgan fingerprint density at radius 2 is 2.07 bits per heavy atom. The molecular weight excluding hydrogens is 202 g/mol. The van der Waals surface area contributed by atoms with Crippen LogP contribution in [0, 0.1) is 0 Å². The Bertz CT molecular complexity index is 185. The van der Waals surface area contributed by atoms with Crippen LogP contribution in [0.15, 0.2) is 0 Å². The molecule has 0 rings (SSSR count). The van der Waals surface area contributed by atoms with Crippen LogP contribution in [0.1, 0.15) is 26.2 Å². The van der Waals surface area contributed by atoms with Crippen molar-refractivity contribution in [1.29, 1.82) is 0 Å². The van der Waals surface area contributed by atoms with Crippen LogP contribution in [0.4, 0.5) is 0 Å². The van der Waals surface area contributed by atoms with Crippen LogP contribution in [-0.4, -0.2) is 30.8 Å². The number of amides is 1. The molecule has 14 heavy (non-hydrogen) atoms. The van der Waals surface area contributed by atoms with Gasteiger partial charge in [-0.25, -0.2) is 0 Å². The van der Waals surface area contributed by atoms with Crippen LogP contribution in [0.2, 0.25) is 0 Å². The van der Waals surface area contributed by atoms with E-state index in [1.165, 1.54) is 6.92 Å². The molecule has 0 bridgehead atoms. The summed E-state index contributed by atoms with van der Waals surface area (Å²) in [5, 5.41) is 2.68. The van der Waals surface area contributed by atoms with Crippen LogP contribution in [0.25, 0.3) is 0 Å². The lowest BCUT2D eigenvalue weighted by Gasteiger charge is -2.04. The third-order valence-electron chi connectivity index (χ3n) is 1.59. The number of carbonyl (C=O) groups excluding carboxylic acids is 2. The predicted molar refractivity (Wildman–Crippen MR) is 57.3 cm³/mol. The topological polar surface area (TPSA) is 55.4 Å². The number of hydrogen-bond acceptors (Lipinski definition) is 4. The van der Waals surface area contributed by atoms with Crippen molar-refractivity contribution in [1.82, 2.24) is 5.32 Å². The van der Waals surface area contributed by atoms with E-state index in [1.54, 1.807) is 0 Å². The number of carbonyl (C=O) groups is 2. The smallest absolute Gasteiger partial charge is 0.220 e. The van der Waals surface area contributed by atoms with E-state index in [4.69, 9.17) is 4.74 Å². The Kier molecular flexibility index (Phi) is 8.67. The van der Waals surface area contributed by atoms with Crippen LogP contribution >= 0.6 is 12.6 Å². The Labute approximate surface area is 89.8 Å². The SMILES string of the molecule is CC(=O)CCCC(=O)NCCOCS. The third-order valence-corrected chi connectivity index (χ3v) is 1.78. The molecule has 0 aromatic rings. The van der Waals surface area contributed by atoms with Crippen LogP contribution < -0.4 is 5.32 Å².